The third kappa shape index (κ3) is 4.40. The maximum absolute atomic E-state index is 11.4. The topological polar surface area (TPSA) is 93.5 Å². The third-order valence-corrected chi connectivity index (χ3v) is 3.21. The van der Waals surface area contributed by atoms with Gasteiger partial charge in [-0.3, -0.25) is 14.9 Å². The minimum absolute atomic E-state index is 0.0173. The van der Waals surface area contributed by atoms with Gasteiger partial charge in [-0.2, -0.15) is 0 Å². The summed E-state index contributed by atoms with van der Waals surface area (Å²) in [5.74, 6) is 0.839. The van der Waals surface area contributed by atoms with E-state index in [1.165, 1.54) is 25.4 Å². The quantitative estimate of drug-likeness (QED) is 0.846. The normalized spacial score (nSPS) is 10.4. The Morgan fingerprint density at radius 2 is 2.24 bits per heavy atom. The molecule has 0 unspecified atom stereocenters. The second kappa shape index (κ2) is 7.00. The Hall–Kier alpha value is -2.19. The molecule has 0 aliphatic carbocycles. The predicted molar refractivity (Wildman–Crippen MR) is 77.8 cm³/mol. The van der Waals surface area contributed by atoms with Crippen LogP contribution in [0.25, 0.3) is 11.5 Å². The molecule has 2 aromatic heterocycles. The molecule has 0 atom stereocenters. The SMILES string of the molecule is COCC(=O)Nc1nc(-c2ccc(CNC(C)=O)o2)cs1. The van der Waals surface area contributed by atoms with Gasteiger partial charge >= 0.3 is 0 Å². The van der Waals surface area contributed by atoms with Crippen molar-refractivity contribution in [2.24, 2.45) is 0 Å². The maximum atomic E-state index is 11.4. The Labute approximate surface area is 125 Å². The van der Waals surface area contributed by atoms with E-state index < -0.39 is 0 Å². The van der Waals surface area contributed by atoms with Crippen molar-refractivity contribution in [1.29, 1.82) is 0 Å². The van der Waals surface area contributed by atoms with Crippen molar-refractivity contribution >= 4 is 28.3 Å². The summed E-state index contributed by atoms with van der Waals surface area (Å²) in [5, 5.41) is 7.54. The van der Waals surface area contributed by atoms with Crippen molar-refractivity contribution in [3.05, 3.63) is 23.3 Å². The van der Waals surface area contributed by atoms with Crippen molar-refractivity contribution in [3.63, 3.8) is 0 Å². The van der Waals surface area contributed by atoms with Crippen LogP contribution in [-0.4, -0.2) is 30.5 Å². The fourth-order valence-electron chi connectivity index (χ4n) is 1.55. The minimum atomic E-state index is -0.260. The maximum Gasteiger partial charge on any atom is 0.252 e. The lowest BCUT2D eigenvalue weighted by atomic mass is 10.3. The highest BCUT2D eigenvalue weighted by Gasteiger charge is 2.11. The molecular weight excluding hydrogens is 294 g/mol. The van der Waals surface area contributed by atoms with E-state index in [1.807, 2.05) is 0 Å². The lowest BCUT2D eigenvalue weighted by Crippen LogP contribution is -2.18. The fourth-order valence-corrected chi connectivity index (χ4v) is 2.27. The van der Waals surface area contributed by atoms with E-state index in [0.29, 0.717) is 28.9 Å². The highest BCUT2D eigenvalue weighted by molar-refractivity contribution is 7.14. The smallest absolute Gasteiger partial charge is 0.252 e. The number of furan rings is 1. The van der Waals surface area contributed by atoms with Crippen LogP contribution in [0.15, 0.2) is 21.9 Å². The molecule has 8 heteroatoms. The number of hydrogen-bond acceptors (Lipinski definition) is 6. The fraction of sp³-hybridized carbons (Fsp3) is 0.308. The summed E-state index contributed by atoms with van der Waals surface area (Å²) in [6, 6.07) is 3.54. The van der Waals surface area contributed by atoms with Crippen LogP contribution in [0.4, 0.5) is 5.13 Å². The van der Waals surface area contributed by atoms with Crippen LogP contribution in [0.5, 0.6) is 0 Å². The summed E-state index contributed by atoms with van der Waals surface area (Å²) >= 11 is 1.30. The van der Waals surface area contributed by atoms with Gasteiger partial charge in [0.1, 0.15) is 18.1 Å². The first-order chi connectivity index (χ1) is 10.1. The first kappa shape index (κ1) is 15.2. The zero-order valence-corrected chi connectivity index (χ0v) is 12.5. The van der Waals surface area contributed by atoms with E-state index in [9.17, 15) is 9.59 Å². The first-order valence-corrected chi connectivity index (χ1v) is 7.04. The highest BCUT2D eigenvalue weighted by Crippen LogP contribution is 2.26. The molecule has 2 N–H and O–H groups in total. The molecule has 0 aromatic carbocycles. The first-order valence-electron chi connectivity index (χ1n) is 6.16. The number of amides is 2. The van der Waals surface area contributed by atoms with E-state index in [0.717, 1.165) is 0 Å². The van der Waals surface area contributed by atoms with E-state index in [-0.39, 0.29) is 18.4 Å². The molecule has 2 aromatic rings. The van der Waals surface area contributed by atoms with Crippen LogP contribution in [-0.2, 0) is 20.9 Å². The summed E-state index contributed by atoms with van der Waals surface area (Å²) in [6.45, 7) is 1.76. The second-order valence-corrected chi connectivity index (χ2v) is 5.05. The molecule has 2 amide bonds. The van der Waals surface area contributed by atoms with Gasteiger partial charge in [0.05, 0.1) is 6.54 Å². The number of anilines is 1. The summed E-state index contributed by atoms with van der Waals surface area (Å²) in [4.78, 5) is 26.5. The number of methoxy groups -OCH3 is 1. The number of rotatable bonds is 6. The molecule has 0 saturated heterocycles. The molecule has 7 nitrogen and oxygen atoms in total. The van der Waals surface area contributed by atoms with Crippen LogP contribution in [0.2, 0.25) is 0 Å². The van der Waals surface area contributed by atoms with Gasteiger partial charge in [0.25, 0.3) is 5.91 Å². The average Bonchev–Trinajstić information content (AvgIpc) is 3.05. The van der Waals surface area contributed by atoms with E-state index in [1.54, 1.807) is 17.5 Å². The second-order valence-electron chi connectivity index (χ2n) is 4.19. The molecule has 0 radical (unpaired) electrons. The third-order valence-electron chi connectivity index (χ3n) is 2.45. The predicted octanol–water partition coefficient (Wildman–Crippen LogP) is 1.62. The van der Waals surface area contributed by atoms with Crippen molar-refractivity contribution in [1.82, 2.24) is 10.3 Å². The molecule has 112 valence electrons. The molecule has 0 spiro atoms. The van der Waals surface area contributed by atoms with Crippen LogP contribution < -0.4 is 10.6 Å². The van der Waals surface area contributed by atoms with Gasteiger partial charge in [-0.1, -0.05) is 0 Å². The van der Waals surface area contributed by atoms with Gasteiger partial charge < -0.3 is 14.5 Å². The summed E-state index contributed by atoms with van der Waals surface area (Å²) in [5.41, 5.74) is 0.627. The number of thiazole rings is 1. The van der Waals surface area contributed by atoms with E-state index in [4.69, 9.17) is 9.15 Å². The van der Waals surface area contributed by atoms with Crippen LogP contribution in [0.3, 0.4) is 0 Å². The summed E-state index contributed by atoms with van der Waals surface area (Å²) < 4.78 is 10.3. The Morgan fingerprint density at radius 1 is 1.43 bits per heavy atom. The van der Waals surface area contributed by atoms with Gasteiger partial charge in [-0.15, -0.1) is 11.3 Å². The zero-order chi connectivity index (χ0) is 15.2. The van der Waals surface area contributed by atoms with Gasteiger partial charge in [0.15, 0.2) is 10.9 Å². The number of carbonyl (C=O) groups excluding carboxylic acids is 2. The van der Waals surface area contributed by atoms with Crippen LogP contribution in [0.1, 0.15) is 12.7 Å². The molecule has 0 bridgehead atoms. The van der Waals surface area contributed by atoms with Crippen molar-refractivity contribution in [2.45, 2.75) is 13.5 Å². The number of ether oxygens (including phenoxy) is 1. The van der Waals surface area contributed by atoms with Crippen molar-refractivity contribution < 1.29 is 18.7 Å². The monoisotopic (exact) mass is 309 g/mol. The molecule has 0 saturated carbocycles. The molecule has 0 fully saturated rings. The largest absolute Gasteiger partial charge is 0.458 e. The number of nitrogens with zero attached hydrogens (tertiary/aromatic N) is 1. The molecular formula is C13H15N3O4S. The lowest BCUT2D eigenvalue weighted by molar-refractivity contribution is -0.120. The van der Waals surface area contributed by atoms with Crippen LogP contribution >= 0.6 is 11.3 Å². The summed E-state index contributed by atoms with van der Waals surface area (Å²) in [6.07, 6.45) is 0. The number of hydrogen-bond donors (Lipinski definition) is 2. The van der Waals surface area contributed by atoms with Gasteiger partial charge in [0.2, 0.25) is 5.91 Å². The Bertz CT molecular complexity index is 635. The Balaban J connectivity index is 2.00. The van der Waals surface area contributed by atoms with Crippen LogP contribution in [0, 0.1) is 0 Å². The van der Waals surface area contributed by atoms with Gasteiger partial charge in [-0.25, -0.2) is 4.98 Å². The van der Waals surface area contributed by atoms with E-state index in [2.05, 4.69) is 15.6 Å². The molecule has 21 heavy (non-hydrogen) atoms. The van der Waals surface area contributed by atoms with Crippen molar-refractivity contribution in [3.8, 4) is 11.5 Å². The lowest BCUT2D eigenvalue weighted by Gasteiger charge is -1.99. The molecule has 0 aliphatic heterocycles. The number of nitrogens with one attached hydrogen (secondary N) is 2. The molecule has 2 heterocycles. The number of aromatic nitrogens is 1. The Kier molecular flexibility index (Phi) is 5.07. The minimum Gasteiger partial charge on any atom is -0.458 e. The zero-order valence-electron chi connectivity index (χ0n) is 11.6. The molecule has 2 rings (SSSR count). The summed E-state index contributed by atoms with van der Waals surface area (Å²) in [7, 11) is 1.45. The van der Waals surface area contributed by atoms with E-state index >= 15 is 0 Å². The van der Waals surface area contributed by atoms with Crippen molar-refractivity contribution in [2.75, 3.05) is 19.0 Å². The average molecular weight is 309 g/mol. The number of carbonyl (C=O) groups is 2. The van der Waals surface area contributed by atoms with Gasteiger partial charge in [-0.05, 0) is 12.1 Å². The molecule has 0 aliphatic rings. The van der Waals surface area contributed by atoms with Gasteiger partial charge in [0, 0.05) is 19.4 Å². The standard InChI is InChI=1S/C13H15N3O4S/c1-8(17)14-5-9-3-4-11(20-9)10-7-21-13(15-10)16-12(18)6-19-2/h3-4,7H,5-6H2,1-2H3,(H,14,17)(H,15,16,18). The highest BCUT2D eigenvalue weighted by atomic mass is 32.1. The Morgan fingerprint density at radius 3 is 2.95 bits per heavy atom.